The highest BCUT2D eigenvalue weighted by Crippen LogP contribution is 2.29. The molecule has 0 bridgehead atoms. The maximum Gasteiger partial charge on any atom is 0.422 e. The summed E-state index contributed by atoms with van der Waals surface area (Å²) in [6, 6.07) is 2.11. The summed E-state index contributed by atoms with van der Waals surface area (Å²) < 4.78 is 84.9. The fourth-order valence-electron chi connectivity index (χ4n) is 2.37. The number of nitrogens with zero attached hydrogens (tertiary/aromatic N) is 2. The summed E-state index contributed by atoms with van der Waals surface area (Å²) in [6.07, 6.45) is -9.33. The minimum absolute atomic E-state index is 0.136. The summed E-state index contributed by atoms with van der Waals surface area (Å²) in [5, 5.41) is 8.96. The number of hydrogen-bond donors (Lipinski definition) is 2. The van der Waals surface area contributed by atoms with Gasteiger partial charge >= 0.3 is 18.4 Å². The molecule has 7 nitrogen and oxygen atoms in total. The van der Waals surface area contributed by atoms with Gasteiger partial charge in [-0.05, 0) is 13.8 Å². The van der Waals surface area contributed by atoms with Gasteiger partial charge in [-0.3, -0.25) is 4.68 Å². The standard InChI is InChI=1S/C17H18F6N4O3/c1-9-14(10(2)27(3)26-9)25-15(28)24-11-4-12(29-7-16(18,19)20)6-13(5-11)30-8-17(21,22)23/h4-6H,7-8H2,1-3H3,(H2,24,25,28). The van der Waals surface area contributed by atoms with Gasteiger partial charge in [0, 0.05) is 30.9 Å². The van der Waals surface area contributed by atoms with Crippen LogP contribution in [0.3, 0.4) is 0 Å². The van der Waals surface area contributed by atoms with E-state index in [1.807, 2.05) is 0 Å². The molecule has 1 aromatic heterocycles. The third-order valence-corrected chi connectivity index (χ3v) is 3.69. The van der Waals surface area contributed by atoms with Crippen molar-refractivity contribution in [1.82, 2.24) is 9.78 Å². The van der Waals surface area contributed by atoms with Crippen LogP contribution in [0.15, 0.2) is 18.2 Å². The highest BCUT2D eigenvalue weighted by molar-refractivity contribution is 6.00. The lowest BCUT2D eigenvalue weighted by Crippen LogP contribution is -2.22. The van der Waals surface area contributed by atoms with E-state index in [0.717, 1.165) is 18.2 Å². The molecule has 30 heavy (non-hydrogen) atoms. The molecule has 0 atom stereocenters. The average molecular weight is 440 g/mol. The van der Waals surface area contributed by atoms with Crippen molar-refractivity contribution < 1.29 is 40.6 Å². The number of anilines is 2. The summed E-state index contributed by atoms with van der Waals surface area (Å²) in [4.78, 5) is 12.3. The predicted molar refractivity (Wildman–Crippen MR) is 94.9 cm³/mol. The lowest BCUT2D eigenvalue weighted by Gasteiger charge is -2.15. The van der Waals surface area contributed by atoms with E-state index in [9.17, 15) is 31.1 Å². The minimum atomic E-state index is -4.66. The molecule has 2 aromatic rings. The Balaban J connectivity index is 2.20. The molecule has 0 aliphatic rings. The van der Waals surface area contributed by atoms with Gasteiger partial charge in [0.1, 0.15) is 11.5 Å². The number of alkyl halides is 6. The molecular weight excluding hydrogens is 422 g/mol. The van der Waals surface area contributed by atoms with Crippen molar-refractivity contribution in [2.45, 2.75) is 26.2 Å². The Bertz CT molecular complexity index is 872. The van der Waals surface area contributed by atoms with Crippen LogP contribution in [0.2, 0.25) is 0 Å². The second kappa shape index (κ2) is 8.71. The highest BCUT2D eigenvalue weighted by Gasteiger charge is 2.30. The topological polar surface area (TPSA) is 77.4 Å². The van der Waals surface area contributed by atoms with Crippen LogP contribution < -0.4 is 20.1 Å². The van der Waals surface area contributed by atoms with E-state index in [-0.39, 0.29) is 5.69 Å². The Morgan fingerprint density at radius 1 is 0.967 bits per heavy atom. The Morgan fingerprint density at radius 3 is 1.87 bits per heavy atom. The van der Waals surface area contributed by atoms with Gasteiger partial charge in [-0.2, -0.15) is 31.4 Å². The van der Waals surface area contributed by atoms with Gasteiger partial charge in [0.25, 0.3) is 0 Å². The summed E-state index contributed by atoms with van der Waals surface area (Å²) in [7, 11) is 1.66. The molecule has 0 fully saturated rings. The van der Waals surface area contributed by atoms with Crippen molar-refractivity contribution in [3.05, 3.63) is 29.6 Å². The number of ether oxygens (including phenoxy) is 2. The van der Waals surface area contributed by atoms with Crippen molar-refractivity contribution >= 4 is 17.4 Å². The van der Waals surface area contributed by atoms with Crippen molar-refractivity contribution in [3.63, 3.8) is 0 Å². The summed E-state index contributed by atoms with van der Waals surface area (Å²) in [5.74, 6) is -0.868. The first-order chi connectivity index (χ1) is 13.7. The molecule has 0 saturated heterocycles. The third-order valence-electron chi connectivity index (χ3n) is 3.69. The molecule has 1 aromatic carbocycles. The number of carbonyl (C=O) groups excluding carboxylic acids is 1. The largest absolute Gasteiger partial charge is 0.484 e. The van der Waals surface area contributed by atoms with Crippen LogP contribution in [0, 0.1) is 13.8 Å². The fraction of sp³-hybridized carbons (Fsp3) is 0.412. The number of aromatic nitrogens is 2. The highest BCUT2D eigenvalue weighted by atomic mass is 19.4. The number of nitrogens with one attached hydrogen (secondary N) is 2. The van der Waals surface area contributed by atoms with Crippen LogP contribution in [0.1, 0.15) is 11.4 Å². The van der Waals surface area contributed by atoms with Crippen LogP contribution in [0.5, 0.6) is 11.5 Å². The smallest absolute Gasteiger partial charge is 0.422 e. The van der Waals surface area contributed by atoms with Crippen LogP contribution >= 0.6 is 0 Å². The van der Waals surface area contributed by atoms with E-state index in [4.69, 9.17) is 0 Å². The second-order valence-corrected chi connectivity index (χ2v) is 6.25. The molecule has 0 saturated carbocycles. The molecule has 166 valence electrons. The average Bonchev–Trinajstić information content (AvgIpc) is 2.83. The van der Waals surface area contributed by atoms with E-state index in [2.05, 4.69) is 25.2 Å². The van der Waals surface area contributed by atoms with Crippen LogP contribution in [-0.4, -0.2) is 41.4 Å². The zero-order valence-corrected chi connectivity index (χ0v) is 16.0. The molecule has 0 radical (unpaired) electrons. The van der Waals surface area contributed by atoms with E-state index < -0.39 is 43.1 Å². The lowest BCUT2D eigenvalue weighted by atomic mass is 10.2. The van der Waals surface area contributed by atoms with Crippen LogP contribution in [0.4, 0.5) is 42.5 Å². The summed E-state index contributed by atoms with van der Waals surface area (Å²) in [6.45, 7) is 0.00641. The molecule has 13 heteroatoms. The van der Waals surface area contributed by atoms with E-state index in [1.54, 1.807) is 20.9 Å². The molecule has 0 aliphatic carbocycles. The number of amides is 2. The molecule has 0 spiro atoms. The number of halogens is 6. The van der Waals surface area contributed by atoms with Gasteiger partial charge in [0.15, 0.2) is 13.2 Å². The number of rotatable bonds is 6. The van der Waals surface area contributed by atoms with Crippen molar-refractivity contribution in [3.8, 4) is 11.5 Å². The van der Waals surface area contributed by atoms with Gasteiger partial charge in [-0.25, -0.2) is 4.79 Å². The molecular formula is C17H18F6N4O3. The number of carbonyl (C=O) groups is 1. The van der Waals surface area contributed by atoms with E-state index in [1.165, 1.54) is 4.68 Å². The van der Waals surface area contributed by atoms with Crippen LogP contribution in [0.25, 0.3) is 0 Å². The second-order valence-electron chi connectivity index (χ2n) is 6.25. The maximum absolute atomic E-state index is 12.4. The van der Waals surface area contributed by atoms with Crippen molar-refractivity contribution in [1.29, 1.82) is 0 Å². The Labute approximate surface area is 166 Å². The maximum atomic E-state index is 12.4. The number of benzene rings is 1. The normalized spacial score (nSPS) is 11.9. The van der Waals surface area contributed by atoms with Gasteiger partial charge < -0.3 is 20.1 Å². The molecule has 0 unspecified atom stereocenters. The Morgan fingerprint density at radius 2 is 1.47 bits per heavy atom. The molecule has 2 N–H and O–H groups in total. The van der Waals surface area contributed by atoms with Crippen LogP contribution in [-0.2, 0) is 7.05 Å². The quantitative estimate of drug-likeness (QED) is 0.646. The third kappa shape index (κ3) is 7.04. The first-order valence-electron chi connectivity index (χ1n) is 8.36. The van der Waals surface area contributed by atoms with Crippen molar-refractivity contribution in [2.75, 3.05) is 23.8 Å². The first-order valence-corrected chi connectivity index (χ1v) is 8.36. The summed E-state index contributed by atoms with van der Waals surface area (Å²) in [5.41, 5.74) is 1.43. The molecule has 2 rings (SSSR count). The van der Waals surface area contributed by atoms with Gasteiger partial charge in [-0.15, -0.1) is 0 Å². The predicted octanol–water partition coefficient (Wildman–Crippen LogP) is 4.56. The summed E-state index contributed by atoms with van der Waals surface area (Å²) >= 11 is 0. The number of aryl methyl sites for hydroxylation is 2. The van der Waals surface area contributed by atoms with Gasteiger partial charge in [0.05, 0.1) is 17.1 Å². The fourth-order valence-corrected chi connectivity index (χ4v) is 2.37. The Kier molecular flexibility index (Phi) is 6.73. The molecule has 0 aliphatic heterocycles. The van der Waals surface area contributed by atoms with E-state index >= 15 is 0 Å². The molecule has 2 amide bonds. The number of urea groups is 1. The lowest BCUT2D eigenvalue weighted by molar-refractivity contribution is -0.153. The zero-order chi connectivity index (χ0) is 22.7. The zero-order valence-electron chi connectivity index (χ0n) is 16.0. The van der Waals surface area contributed by atoms with E-state index in [0.29, 0.717) is 17.1 Å². The number of hydrogen-bond acceptors (Lipinski definition) is 4. The first kappa shape index (κ1) is 23.2. The van der Waals surface area contributed by atoms with Gasteiger partial charge in [0.2, 0.25) is 0 Å². The molecule has 1 heterocycles. The SMILES string of the molecule is Cc1nn(C)c(C)c1NC(=O)Nc1cc(OCC(F)(F)F)cc(OCC(F)(F)F)c1. The van der Waals surface area contributed by atoms with Crippen molar-refractivity contribution in [2.24, 2.45) is 7.05 Å². The van der Waals surface area contributed by atoms with Gasteiger partial charge in [-0.1, -0.05) is 0 Å². The Hall–Kier alpha value is -3.12. The monoisotopic (exact) mass is 440 g/mol. The minimum Gasteiger partial charge on any atom is -0.484 e.